The molecule has 7 heteroatoms. The summed E-state index contributed by atoms with van der Waals surface area (Å²) >= 11 is 6.16. The lowest BCUT2D eigenvalue weighted by Crippen LogP contribution is -2.54. The molecule has 0 N–H and O–H groups in total. The van der Waals surface area contributed by atoms with E-state index in [-0.39, 0.29) is 11.9 Å². The van der Waals surface area contributed by atoms with Gasteiger partial charge in [-0.15, -0.1) is 0 Å². The topological polar surface area (TPSA) is 58.6 Å². The van der Waals surface area contributed by atoms with Crippen molar-refractivity contribution in [2.24, 2.45) is 0 Å². The van der Waals surface area contributed by atoms with Crippen LogP contribution in [-0.2, 0) is 4.79 Å². The smallest absolute Gasteiger partial charge is 0.224 e. The molecule has 150 valence electrons. The Balaban J connectivity index is 1.62. The molecule has 1 aromatic heterocycles. The number of carbonyl (C=O) groups excluding carboxylic acids is 1. The third-order valence-corrected chi connectivity index (χ3v) is 5.26. The number of benzene rings is 1. The van der Waals surface area contributed by atoms with Crippen LogP contribution in [-0.4, -0.2) is 46.5 Å². The number of unbranched alkanes of at least 4 members (excludes halogenated alkanes) is 2. The molecule has 1 aliphatic heterocycles. The standard InChI is InChI=1S/C21H27ClN4O2/c1-3-4-5-10-21(27)26-12-11-25(14-16(26)2)19-13-20(24-15-23-19)28-18-9-7-6-8-17(18)22/h6-9,13,15-16H,3-5,10-12,14H2,1-2H3/t16-/m0/s1. The SMILES string of the molecule is CCCCCC(=O)N1CCN(c2cc(Oc3ccccc3Cl)ncn2)C[C@@H]1C. The number of rotatable bonds is 7. The second-order valence-electron chi connectivity index (χ2n) is 7.09. The molecule has 1 aliphatic rings. The van der Waals surface area contributed by atoms with Crippen LogP contribution in [0, 0.1) is 0 Å². The van der Waals surface area contributed by atoms with E-state index in [1.165, 1.54) is 6.33 Å². The summed E-state index contributed by atoms with van der Waals surface area (Å²) in [5.41, 5.74) is 0. The average Bonchev–Trinajstić information content (AvgIpc) is 2.70. The van der Waals surface area contributed by atoms with Crippen molar-refractivity contribution in [1.82, 2.24) is 14.9 Å². The van der Waals surface area contributed by atoms with Crippen LogP contribution in [0.25, 0.3) is 0 Å². The van der Waals surface area contributed by atoms with Crippen molar-refractivity contribution in [2.75, 3.05) is 24.5 Å². The second kappa shape index (κ2) is 9.73. The van der Waals surface area contributed by atoms with Crippen molar-refractivity contribution >= 4 is 23.3 Å². The molecule has 0 radical (unpaired) electrons. The van der Waals surface area contributed by atoms with Crippen LogP contribution < -0.4 is 9.64 Å². The second-order valence-corrected chi connectivity index (χ2v) is 7.49. The highest BCUT2D eigenvalue weighted by Crippen LogP contribution is 2.29. The van der Waals surface area contributed by atoms with E-state index < -0.39 is 0 Å². The zero-order valence-corrected chi connectivity index (χ0v) is 17.2. The van der Waals surface area contributed by atoms with Gasteiger partial charge in [-0.25, -0.2) is 9.97 Å². The number of ether oxygens (including phenoxy) is 1. The Morgan fingerprint density at radius 2 is 2.07 bits per heavy atom. The number of hydrogen-bond donors (Lipinski definition) is 0. The third-order valence-electron chi connectivity index (χ3n) is 4.94. The number of amides is 1. The van der Waals surface area contributed by atoms with Crippen molar-refractivity contribution < 1.29 is 9.53 Å². The molecule has 2 aromatic rings. The summed E-state index contributed by atoms with van der Waals surface area (Å²) in [4.78, 5) is 25.2. The van der Waals surface area contributed by atoms with Gasteiger partial charge in [0, 0.05) is 38.2 Å². The summed E-state index contributed by atoms with van der Waals surface area (Å²) in [6.07, 6.45) is 5.34. The predicted molar refractivity (Wildman–Crippen MR) is 111 cm³/mol. The molecule has 3 rings (SSSR count). The first kappa shape index (κ1) is 20.4. The fourth-order valence-corrected chi connectivity index (χ4v) is 3.58. The number of para-hydroxylation sites is 1. The van der Waals surface area contributed by atoms with Gasteiger partial charge in [-0.3, -0.25) is 4.79 Å². The van der Waals surface area contributed by atoms with Crippen LogP contribution in [0.15, 0.2) is 36.7 Å². The summed E-state index contributed by atoms with van der Waals surface area (Å²) in [5, 5.41) is 0.534. The van der Waals surface area contributed by atoms with E-state index in [0.29, 0.717) is 29.6 Å². The van der Waals surface area contributed by atoms with Gasteiger partial charge in [0.2, 0.25) is 11.8 Å². The first-order valence-corrected chi connectivity index (χ1v) is 10.2. The number of hydrogen-bond acceptors (Lipinski definition) is 5. The molecule has 28 heavy (non-hydrogen) atoms. The van der Waals surface area contributed by atoms with Crippen LogP contribution in [0.5, 0.6) is 11.6 Å². The molecule has 6 nitrogen and oxygen atoms in total. The molecule has 1 fully saturated rings. The van der Waals surface area contributed by atoms with E-state index in [2.05, 4.69) is 28.7 Å². The van der Waals surface area contributed by atoms with E-state index in [4.69, 9.17) is 16.3 Å². The number of carbonyl (C=O) groups is 1. The van der Waals surface area contributed by atoms with Gasteiger partial charge in [0.15, 0.2) is 0 Å². The maximum absolute atomic E-state index is 12.5. The largest absolute Gasteiger partial charge is 0.437 e. The Labute approximate surface area is 171 Å². The maximum Gasteiger partial charge on any atom is 0.224 e. The molecule has 0 spiro atoms. The highest BCUT2D eigenvalue weighted by molar-refractivity contribution is 6.32. The van der Waals surface area contributed by atoms with Crippen LogP contribution in [0.3, 0.4) is 0 Å². The number of halogens is 1. The van der Waals surface area contributed by atoms with Crippen LogP contribution in [0.4, 0.5) is 5.82 Å². The molecule has 2 heterocycles. The lowest BCUT2D eigenvalue weighted by molar-refractivity contribution is -0.133. The third kappa shape index (κ3) is 5.13. The van der Waals surface area contributed by atoms with Gasteiger partial charge in [0.25, 0.3) is 0 Å². The highest BCUT2D eigenvalue weighted by Gasteiger charge is 2.27. The predicted octanol–water partition coefficient (Wildman–Crippen LogP) is 4.54. The lowest BCUT2D eigenvalue weighted by atomic mass is 10.1. The Bertz CT molecular complexity index is 801. The van der Waals surface area contributed by atoms with Gasteiger partial charge >= 0.3 is 0 Å². The Morgan fingerprint density at radius 3 is 2.82 bits per heavy atom. The summed E-state index contributed by atoms with van der Waals surface area (Å²) in [6.45, 7) is 6.43. The van der Waals surface area contributed by atoms with Crippen molar-refractivity contribution in [1.29, 1.82) is 0 Å². The van der Waals surface area contributed by atoms with Crippen LogP contribution in [0.1, 0.15) is 39.5 Å². The van der Waals surface area contributed by atoms with Gasteiger partial charge in [-0.05, 0) is 25.5 Å². The minimum absolute atomic E-state index is 0.144. The molecule has 0 aliphatic carbocycles. The maximum atomic E-state index is 12.5. The van der Waals surface area contributed by atoms with Gasteiger partial charge in [0.05, 0.1) is 5.02 Å². The Morgan fingerprint density at radius 1 is 1.25 bits per heavy atom. The Hall–Kier alpha value is -2.34. The highest BCUT2D eigenvalue weighted by atomic mass is 35.5. The summed E-state index contributed by atoms with van der Waals surface area (Å²) in [6, 6.07) is 9.25. The van der Waals surface area contributed by atoms with E-state index in [0.717, 1.165) is 38.2 Å². The minimum atomic E-state index is 0.144. The fourth-order valence-electron chi connectivity index (χ4n) is 3.40. The minimum Gasteiger partial charge on any atom is -0.437 e. The lowest BCUT2D eigenvalue weighted by Gasteiger charge is -2.40. The first-order chi connectivity index (χ1) is 13.6. The molecule has 1 amide bonds. The van der Waals surface area contributed by atoms with Crippen molar-refractivity contribution in [3.05, 3.63) is 41.7 Å². The zero-order chi connectivity index (χ0) is 19.9. The van der Waals surface area contributed by atoms with Crippen molar-refractivity contribution in [3.8, 4) is 11.6 Å². The quantitative estimate of drug-likeness (QED) is 0.636. The Kier molecular flexibility index (Phi) is 7.09. The van der Waals surface area contributed by atoms with Crippen molar-refractivity contribution in [3.63, 3.8) is 0 Å². The van der Waals surface area contributed by atoms with Gasteiger partial charge in [-0.2, -0.15) is 0 Å². The van der Waals surface area contributed by atoms with E-state index in [1.807, 2.05) is 23.1 Å². The molecule has 1 saturated heterocycles. The zero-order valence-electron chi connectivity index (χ0n) is 16.5. The number of nitrogens with zero attached hydrogens (tertiary/aromatic N) is 4. The molecule has 0 saturated carbocycles. The van der Waals surface area contributed by atoms with Crippen molar-refractivity contribution in [2.45, 2.75) is 45.6 Å². The first-order valence-electron chi connectivity index (χ1n) is 9.87. The van der Waals surface area contributed by atoms with Gasteiger partial charge < -0.3 is 14.5 Å². The monoisotopic (exact) mass is 402 g/mol. The number of piperazine rings is 1. The summed E-state index contributed by atoms with van der Waals surface area (Å²) < 4.78 is 5.81. The van der Waals surface area contributed by atoms with Crippen LogP contribution in [0.2, 0.25) is 5.02 Å². The van der Waals surface area contributed by atoms with E-state index in [9.17, 15) is 4.79 Å². The van der Waals surface area contributed by atoms with E-state index in [1.54, 1.807) is 12.1 Å². The molecular weight excluding hydrogens is 376 g/mol. The van der Waals surface area contributed by atoms with Crippen LogP contribution >= 0.6 is 11.6 Å². The van der Waals surface area contributed by atoms with Gasteiger partial charge in [-0.1, -0.05) is 43.5 Å². The number of aromatic nitrogens is 2. The fraction of sp³-hybridized carbons (Fsp3) is 0.476. The molecule has 1 aromatic carbocycles. The summed E-state index contributed by atoms with van der Waals surface area (Å²) in [7, 11) is 0. The molecular formula is C21H27ClN4O2. The molecule has 1 atom stereocenters. The summed E-state index contributed by atoms with van der Waals surface area (Å²) in [5.74, 6) is 2.06. The number of anilines is 1. The molecule has 0 bridgehead atoms. The average molecular weight is 403 g/mol. The normalized spacial score (nSPS) is 16.9. The van der Waals surface area contributed by atoms with Gasteiger partial charge in [0.1, 0.15) is 17.9 Å². The molecule has 0 unspecified atom stereocenters. The van der Waals surface area contributed by atoms with E-state index >= 15 is 0 Å².